The Morgan fingerprint density at radius 3 is 2.19 bits per heavy atom. The van der Waals surface area contributed by atoms with E-state index in [9.17, 15) is 4.79 Å². The highest BCUT2D eigenvalue weighted by Crippen LogP contribution is 2.15. The first-order chi connectivity index (χ1) is 14.8. The molecule has 0 spiro atoms. The van der Waals surface area contributed by atoms with E-state index in [1.54, 1.807) is 12.5 Å². The van der Waals surface area contributed by atoms with Crippen LogP contribution in [-0.4, -0.2) is 22.0 Å². The average molecular weight is 416 g/mol. The fourth-order valence-corrected chi connectivity index (χ4v) is 3.90. The van der Waals surface area contributed by atoms with Crippen molar-refractivity contribution in [3.8, 4) is 0 Å². The average Bonchev–Trinajstić information content (AvgIpc) is 3.27. The minimum atomic E-state index is 0.101. The van der Waals surface area contributed by atoms with Crippen LogP contribution in [0.15, 0.2) is 73.3 Å². The third-order valence-electron chi connectivity index (χ3n) is 5.70. The number of nitrogens with zero attached hydrogens (tertiary/aromatic N) is 2. The summed E-state index contributed by atoms with van der Waals surface area (Å²) in [5, 5.41) is 0. The van der Waals surface area contributed by atoms with Crippen LogP contribution >= 0.6 is 0 Å². The highest BCUT2D eigenvalue weighted by molar-refractivity contribution is 6.86. The van der Waals surface area contributed by atoms with Crippen LogP contribution in [0, 0.1) is 5.92 Å². The molecule has 164 valence electrons. The van der Waals surface area contributed by atoms with Crippen LogP contribution in [0.3, 0.4) is 0 Å². The number of hydrogen-bond acceptors (Lipinski definition) is 2. The Morgan fingerprint density at radius 1 is 0.968 bits per heavy atom. The molecule has 3 aromatic rings. The van der Waals surface area contributed by atoms with Crippen molar-refractivity contribution in [2.45, 2.75) is 66.2 Å². The predicted octanol–water partition coefficient (Wildman–Crippen LogP) is 5.33. The highest BCUT2D eigenvalue weighted by Gasteiger charge is 2.22. The van der Waals surface area contributed by atoms with Crippen LogP contribution in [0.2, 0.25) is 5.82 Å². The molecule has 1 atom stereocenters. The highest BCUT2D eigenvalue weighted by atomic mass is 16.1. The van der Waals surface area contributed by atoms with Gasteiger partial charge in [-0.2, -0.15) is 0 Å². The second-order valence-corrected chi connectivity index (χ2v) is 8.94. The van der Waals surface area contributed by atoms with Gasteiger partial charge in [0, 0.05) is 31.3 Å². The summed E-state index contributed by atoms with van der Waals surface area (Å²) in [7, 11) is 0. The zero-order chi connectivity index (χ0) is 22.8. The fourth-order valence-electron chi connectivity index (χ4n) is 3.90. The molecule has 1 aromatic heterocycles. The lowest BCUT2D eigenvalue weighted by Crippen LogP contribution is -2.44. The number of Topliss-reactive ketones (excluding diaryl/α,β-unsaturated/α-hetero) is 1. The molecule has 2 aromatic carbocycles. The minimum Gasteiger partial charge on any atom is -0.337 e. The van der Waals surface area contributed by atoms with Gasteiger partial charge in [0.1, 0.15) is 5.78 Å². The summed E-state index contributed by atoms with van der Waals surface area (Å²) in [6, 6.07) is 19.9. The van der Waals surface area contributed by atoms with Gasteiger partial charge in [-0.15, -0.1) is 0 Å². The van der Waals surface area contributed by atoms with E-state index < -0.39 is 0 Å². The second kappa shape index (κ2) is 12.3. The standard InChI is InChI=1S/C18H23B.C9H14N2O/c1-14(2)16-9-8-12-18(13-16)19(15(3)4)17-10-6-5-7-11-17;1-3-9(12)8(2)6-11-5-4-10-7-11/h5-15H,1-4H3;4-5,7-8H,3,6H2,1-2H3. The molecule has 1 unspecified atom stereocenters. The quantitative estimate of drug-likeness (QED) is 0.466. The van der Waals surface area contributed by atoms with Crippen LogP contribution in [0.1, 0.15) is 59.4 Å². The number of benzene rings is 2. The Labute approximate surface area is 189 Å². The molecule has 0 aliphatic carbocycles. The van der Waals surface area contributed by atoms with E-state index in [4.69, 9.17) is 0 Å². The maximum atomic E-state index is 11.2. The van der Waals surface area contributed by atoms with Gasteiger partial charge in [-0.3, -0.25) is 4.79 Å². The summed E-state index contributed by atoms with van der Waals surface area (Å²) in [6.45, 7) is 14.2. The summed E-state index contributed by atoms with van der Waals surface area (Å²) in [4.78, 5) is 15.1. The molecule has 0 aliphatic heterocycles. The Hall–Kier alpha value is -2.62. The van der Waals surface area contributed by atoms with Crippen molar-refractivity contribution in [2.24, 2.45) is 5.92 Å². The first-order valence-corrected chi connectivity index (χ1v) is 11.5. The van der Waals surface area contributed by atoms with E-state index in [2.05, 4.69) is 87.3 Å². The van der Waals surface area contributed by atoms with Crippen LogP contribution in [-0.2, 0) is 11.3 Å². The molecule has 3 nitrogen and oxygen atoms in total. The Morgan fingerprint density at radius 2 is 1.65 bits per heavy atom. The molecule has 0 amide bonds. The first kappa shape index (κ1) is 24.7. The van der Waals surface area contributed by atoms with Gasteiger partial charge in [0.05, 0.1) is 6.33 Å². The smallest absolute Gasteiger partial charge is 0.211 e. The van der Waals surface area contributed by atoms with E-state index >= 15 is 0 Å². The van der Waals surface area contributed by atoms with Gasteiger partial charge in [0.2, 0.25) is 6.71 Å². The van der Waals surface area contributed by atoms with Gasteiger partial charge < -0.3 is 4.57 Å². The van der Waals surface area contributed by atoms with Crippen molar-refractivity contribution in [1.82, 2.24) is 9.55 Å². The zero-order valence-electron chi connectivity index (χ0n) is 20.0. The van der Waals surface area contributed by atoms with Gasteiger partial charge in [-0.05, 0) is 11.5 Å². The Bertz CT molecular complexity index is 904. The summed E-state index contributed by atoms with van der Waals surface area (Å²) in [5.74, 6) is 1.60. The van der Waals surface area contributed by atoms with Crippen LogP contribution in [0.4, 0.5) is 0 Å². The summed E-state index contributed by atoms with van der Waals surface area (Å²) >= 11 is 0. The first-order valence-electron chi connectivity index (χ1n) is 11.5. The Kier molecular flexibility index (Phi) is 9.77. The third kappa shape index (κ3) is 7.54. The Balaban J connectivity index is 0.000000245. The lowest BCUT2D eigenvalue weighted by Gasteiger charge is -2.20. The summed E-state index contributed by atoms with van der Waals surface area (Å²) in [6.07, 6.45) is 5.96. The lowest BCUT2D eigenvalue weighted by molar-refractivity contribution is -0.122. The maximum absolute atomic E-state index is 11.2. The minimum absolute atomic E-state index is 0.101. The molecule has 0 N–H and O–H groups in total. The molecule has 0 radical (unpaired) electrons. The van der Waals surface area contributed by atoms with Crippen LogP contribution in [0.5, 0.6) is 0 Å². The molecular formula is C27H37BN2O. The summed E-state index contributed by atoms with van der Waals surface area (Å²) in [5.41, 5.74) is 4.28. The van der Waals surface area contributed by atoms with Crippen molar-refractivity contribution in [1.29, 1.82) is 0 Å². The van der Waals surface area contributed by atoms with Crippen molar-refractivity contribution in [3.63, 3.8) is 0 Å². The molecule has 3 rings (SSSR count). The molecule has 1 heterocycles. The van der Waals surface area contributed by atoms with E-state index in [1.807, 2.05) is 24.6 Å². The monoisotopic (exact) mass is 416 g/mol. The van der Waals surface area contributed by atoms with Gasteiger partial charge in [-0.1, -0.05) is 113 Å². The van der Waals surface area contributed by atoms with Gasteiger partial charge in [0.15, 0.2) is 0 Å². The zero-order valence-corrected chi connectivity index (χ0v) is 20.0. The third-order valence-corrected chi connectivity index (χ3v) is 5.70. The molecule has 0 saturated carbocycles. The lowest BCUT2D eigenvalue weighted by atomic mass is 9.34. The normalized spacial score (nSPS) is 11.7. The number of hydrogen-bond donors (Lipinski definition) is 0. The van der Waals surface area contributed by atoms with Crippen molar-refractivity contribution in [3.05, 3.63) is 78.9 Å². The number of rotatable bonds is 8. The SMILES string of the molecule is CC(C)B(c1ccccc1)c1cccc(C(C)C)c1.CCC(=O)C(C)Cn1ccnc1. The maximum Gasteiger partial charge on any atom is 0.211 e. The number of carbonyl (C=O) groups excluding carboxylic acids is 1. The van der Waals surface area contributed by atoms with Crippen molar-refractivity contribution < 1.29 is 4.79 Å². The number of ketones is 1. The van der Waals surface area contributed by atoms with Crippen LogP contribution < -0.4 is 10.9 Å². The van der Waals surface area contributed by atoms with E-state index in [0.717, 1.165) is 6.54 Å². The van der Waals surface area contributed by atoms with E-state index in [1.165, 1.54) is 16.5 Å². The van der Waals surface area contributed by atoms with Crippen molar-refractivity contribution >= 4 is 23.4 Å². The molecular weight excluding hydrogens is 379 g/mol. The fraction of sp³-hybridized carbons (Fsp3) is 0.407. The van der Waals surface area contributed by atoms with E-state index in [-0.39, 0.29) is 5.92 Å². The largest absolute Gasteiger partial charge is 0.337 e. The van der Waals surface area contributed by atoms with Gasteiger partial charge in [0.25, 0.3) is 0 Å². The molecule has 0 bridgehead atoms. The molecule has 0 saturated heterocycles. The summed E-state index contributed by atoms with van der Waals surface area (Å²) < 4.78 is 1.93. The second-order valence-electron chi connectivity index (χ2n) is 8.94. The predicted molar refractivity (Wildman–Crippen MR) is 134 cm³/mol. The molecule has 31 heavy (non-hydrogen) atoms. The molecule has 4 heteroatoms. The number of imidazole rings is 1. The topological polar surface area (TPSA) is 34.9 Å². The van der Waals surface area contributed by atoms with Gasteiger partial charge in [-0.25, -0.2) is 4.98 Å². The van der Waals surface area contributed by atoms with Crippen molar-refractivity contribution in [2.75, 3.05) is 0 Å². The number of carbonyl (C=O) groups is 1. The number of aromatic nitrogens is 2. The van der Waals surface area contributed by atoms with Crippen LogP contribution in [0.25, 0.3) is 0 Å². The molecule has 0 aliphatic rings. The molecule has 0 fully saturated rings. The van der Waals surface area contributed by atoms with Gasteiger partial charge >= 0.3 is 0 Å². The van der Waals surface area contributed by atoms with E-state index in [0.29, 0.717) is 30.7 Å².